The van der Waals surface area contributed by atoms with Crippen molar-refractivity contribution in [3.63, 3.8) is 0 Å². The zero-order valence-corrected chi connectivity index (χ0v) is 22.0. The smallest absolute Gasteiger partial charge is 0.243 e. The first kappa shape index (κ1) is 26.2. The summed E-state index contributed by atoms with van der Waals surface area (Å²) < 4.78 is 34.5. The van der Waals surface area contributed by atoms with Gasteiger partial charge < -0.3 is 10.1 Å². The second-order valence-corrected chi connectivity index (χ2v) is 10.9. The van der Waals surface area contributed by atoms with Crippen LogP contribution in [0, 0.1) is 0 Å². The first-order valence-corrected chi connectivity index (χ1v) is 13.3. The Kier molecular flexibility index (Phi) is 9.13. The Labute approximate surface area is 214 Å². The molecule has 0 spiro atoms. The van der Waals surface area contributed by atoms with Gasteiger partial charge in [-0.1, -0.05) is 70.0 Å². The molecule has 0 fully saturated rings. The second-order valence-electron chi connectivity index (χ2n) is 7.63. The predicted molar refractivity (Wildman–Crippen MR) is 137 cm³/mol. The van der Waals surface area contributed by atoms with Crippen LogP contribution in [0.3, 0.4) is 0 Å². The van der Waals surface area contributed by atoms with E-state index < -0.39 is 15.9 Å². The Bertz CT molecular complexity index is 1240. The van der Waals surface area contributed by atoms with Gasteiger partial charge in [-0.05, 0) is 55.3 Å². The van der Waals surface area contributed by atoms with Crippen molar-refractivity contribution in [1.82, 2.24) is 9.62 Å². The van der Waals surface area contributed by atoms with Gasteiger partial charge >= 0.3 is 0 Å². The Hall–Kier alpha value is -2.39. The molecule has 9 heteroatoms. The van der Waals surface area contributed by atoms with Gasteiger partial charge in [0.25, 0.3) is 0 Å². The maximum atomic E-state index is 13.5. The van der Waals surface area contributed by atoms with Crippen LogP contribution in [0.4, 0.5) is 0 Å². The SMILES string of the molecule is CCOc1ccc(S(=O)(=O)N(CC(=O)NC(C)c2cccc(Br)c2)Cc2ccccc2)cc1Cl. The van der Waals surface area contributed by atoms with Crippen LogP contribution >= 0.6 is 27.5 Å². The molecule has 3 aromatic rings. The Balaban J connectivity index is 1.85. The lowest BCUT2D eigenvalue weighted by Crippen LogP contribution is -2.41. The molecular weight excluding hydrogens is 540 g/mol. The molecule has 0 aliphatic heterocycles. The molecule has 1 unspecified atom stereocenters. The van der Waals surface area contributed by atoms with Gasteiger partial charge in [0, 0.05) is 11.0 Å². The number of nitrogens with one attached hydrogen (secondary N) is 1. The second kappa shape index (κ2) is 11.8. The number of carbonyl (C=O) groups is 1. The van der Waals surface area contributed by atoms with Gasteiger partial charge in [0.2, 0.25) is 15.9 Å². The molecule has 1 N–H and O–H groups in total. The van der Waals surface area contributed by atoms with Crippen LogP contribution in [-0.4, -0.2) is 31.8 Å². The fourth-order valence-corrected chi connectivity index (χ4v) is 5.51. The number of ether oxygens (including phenoxy) is 1. The first-order valence-electron chi connectivity index (χ1n) is 10.7. The number of hydrogen-bond acceptors (Lipinski definition) is 4. The minimum Gasteiger partial charge on any atom is -0.492 e. The van der Waals surface area contributed by atoms with Gasteiger partial charge in [0.15, 0.2) is 0 Å². The third-order valence-corrected chi connectivity index (χ3v) is 7.67. The van der Waals surface area contributed by atoms with Crippen LogP contribution in [0.2, 0.25) is 5.02 Å². The minimum absolute atomic E-state index is 0.00952. The van der Waals surface area contributed by atoms with E-state index in [0.29, 0.717) is 12.4 Å². The van der Waals surface area contributed by atoms with Crippen molar-refractivity contribution >= 4 is 43.5 Å². The zero-order chi connectivity index (χ0) is 24.7. The van der Waals surface area contributed by atoms with Crippen LogP contribution in [-0.2, 0) is 21.4 Å². The minimum atomic E-state index is -4.03. The fourth-order valence-electron chi connectivity index (χ4n) is 3.38. The van der Waals surface area contributed by atoms with Crippen molar-refractivity contribution in [2.45, 2.75) is 31.3 Å². The third-order valence-electron chi connectivity index (χ3n) is 5.09. The highest BCUT2D eigenvalue weighted by molar-refractivity contribution is 9.10. The Morgan fingerprint density at radius 2 is 1.82 bits per heavy atom. The summed E-state index contributed by atoms with van der Waals surface area (Å²) in [5.41, 5.74) is 1.66. The average molecular weight is 566 g/mol. The maximum absolute atomic E-state index is 13.5. The molecule has 6 nitrogen and oxygen atoms in total. The number of amides is 1. The van der Waals surface area contributed by atoms with Crippen molar-refractivity contribution in [1.29, 1.82) is 0 Å². The van der Waals surface area contributed by atoms with Crippen molar-refractivity contribution in [3.8, 4) is 5.75 Å². The summed E-state index contributed by atoms with van der Waals surface area (Å²) in [7, 11) is -4.03. The largest absolute Gasteiger partial charge is 0.492 e. The molecule has 180 valence electrons. The molecule has 3 aromatic carbocycles. The summed E-state index contributed by atoms with van der Waals surface area (Å²) >= 11 is 9.67. The summed E-state index contributed by atoms with van der Waals surface area (Å²) in [4.78, 5) is 12.9. The first-order chi connectivity index (χ1) is 16.2. The molecule has 0 saturated heterocycles. The van der Waals surface area contributed by atoms with Gasteiger partial charge in [0.05, 0.1) is 29.1 Å². The van der Waals surface area contributed by atoms with Crippen LogP contribution in [0.1, 0.15) is 31.0 Å². The molecule has 0 bridgehead atoms. The molecule has 0 radical (unpaired) electrons. The third kappa shape index (κ3) is 6.82. The molecule has 3 rings (SSSR count). The maximum Gasteiger partial charge on any atom is 0.243 e. The van der Waals surface area contributed by atoms with Crippen LogP contribution in [0.25, 0.3) is 0 Å². The summed E-state index contributed by atoms with van der Waals surface area (Å²) in [5.74, 6) is -0.0117. The number of benzene rings is 3. The van der Waals surface area contributed by atoms with Crippen molar-refractivity contribution in [2.75, 3.05) is 13.2 Å². The van der Waals surface area contributed by atoms with Gasteiger partial charge in [-0.15, -0.1) is 0 Å². The lowest BCUT2D eigenvalue weighted by molar-refractivity contribution is -0.122. The monoisotopic (exact) mass is 564 g/mol. The lowest BCUT2D eigenvalue weighted by Gasteiger charge is -2.23. The van der Waals surface area contributed by atoms with Crippen molar-refractivity contribution in [2.24, 2.45) is 0 Å². The summed E-state index contributed by atoms with van der Waals surface area (Å²) in [6, 6.07) is 20.7. The number of carbonyl (C=O) groups excluding carboxylic acids is 1. The van der Waals surface area contributed by atoms with E-state index in [1.165, 1.54) is 18.2 Å². The van der Waals surface area contributed by atoms with E-state index in [1.807, 2.05) is 68.4 Å². The lowest BCUT2D eigenvalue weighted by atomic mass is 10.1. The van der Waals surface area contributed by atoms with Gasteiger partial charge in [-0.3, -0.25) is 4.79 Å². The number of nitrogens with zero attached hydrogens (tertiary/aromatic N) is 1. The molecular formula is C25H26BrClN2O4S. The highest BCUT2D eigenvalue weighted by atomic mass is 79.9. The van der Waals surface area contributed by atoms with E-state index in [1.54, 1.807) is 0 Å². The standard InChI is InChI=1S/C25H26BrClN2O4S/c1-3-33-24-13-12-22(15-23(24)27)34(31,32)29(16-19-8-5-4-6-9-19)17-25(30)28-18(2)20-10-7-11-21(26)14-20/h4-15,18H,3,16-17H2,1-2H3,(H,28,30). The van der Waals surface area contributed by atoms with E-state index in [9.17, 15) is 13.2 Å². The molecule has 1 atom stereocenters. The molecule has 0 aliphatic carbocycles. The van der Waals surface area contributed by atoms with E-state index >= 15 is 0 Å². The van der Waals surface area contributed by atoms with Gasteiger partial charge in [-0.25, -0.2) is 8.42 Å². The van der Waals surface area contributed by atoms with Crippen LogP contribution in [0.15, 0.2) is 82.2 Å². The summed E-state index contributed by atoms with van der Waals surface area (Å²) in [6.07, 6.45) is 0. The molecule has 0 aliphatic rings. The summed E-state index contributed by atoms with van der Waals surface area (Å²) in [6.45, 7) is 3.76. The van der Waals surface area contributed by atoms with E-state index in [4.69, 9.17) is 16.3 Å². The zero-order valence-electron chi connectivity index (χ0n) is 18.9. The molecule has 1 amide bonds. The quantitative estimate of drug-likeness (QED) is 0.349. The van der Waals surface area contributed by atoms with Crippen molar-refractivity contribution in [3.05, 3.63) is 93.4 Å². The topological polar surface area (TPSA) is 75.7 Å². The Morgan fingerprint density at radius 1 is 1.09 bits per heavy atom. The highest BCUT2D eigenvalue weighted by Gasteiger charge is 2.28. The molecule has 34 heavy (non-hydrogen) atoms. The predicted octanol–water partition coefficient (Wildman–Crippen LogP) is 5.57. The normalized spacial score (nSPS) is 12.4. The Morgan fingerprint density at radius 3 is 2.47 bits per heavy atom. The van der Waals surface area contributed by atoms with E-state index in [0.717, 1.165) is 19.9 Å². The van der Waals surface area contributed by atoms with E-state index in [-0.39, 0.29) is 29.0 Å². The summed E-state index contributed by atoms with van der Waals surface area (Å²) in [5, 5.41) is 3.08. The fraction of sp³-hybridized carbons (Fsp3) is 0.240. The van der Waals surface area contributed by atoms with Crippen LogP contribution in [0.5, 0.6) is 5.75 Å². The van der Waals surface area contributed by atoms with E-state index in [2.05, 4.69) is 21.2 Å². The molecule has 0 aromatic heterocycles. The highest BCUT2D eigenvalue weighted by Crippen LogP contribution is 2.29. The van der Waals surface area contributed by atoms with Gasteiger partial charge in [-0.2, -0.15) is 4.31 Å². The molecule has 0 heterocycles. The molecule has 0 saturated carbocycles. The number of sulfonamides is 1. The van der Waals surface area contributed by atoms with Crippen molar-refractivity contribution < 1.29 is 17.9 Å². The number of rotatable bonds is 10. The number of halogens is 2. The average Bonchev–Trinajstić information content (AvgIpc) is 2.80. The van der Waals surface area contributed by atoms with Crippen LogP contribution < -0.4 is 10.1 Å². The number of hydrogen-bond donors (Lipinski definition) is 1. The van der Waals surface area contributed by atoms with Gasteiger partial charge in [0.1, 0.15) is 5.75 Å².